The summed E-state index contributed by atoms with van der Waals surface area (Å²) in [5, 5.41) is 0.639. The zero-order valence-electron chi connectivity index (χ0n) is 8.40. The van der Waals surface area contributed by atoms with Crippen molar-refractivity contribution in [3.05, 3.63) is 34.7 Å². The zero-order valence-corrected chi connectivity index (χ0v) is 10.0. The highest BCUT2D eigenvalue weighted by Crippen LogP contribution is 2.24. The maximum absolute atomic E-state index is 5.55. The Morgan fingerprint density at radius 2 is 2.40 bits per heavy atom. The Bertz CT molecular complexity index is 436. The van der Waals surface area contributed by atoms with Crippen LogP contribution in [0.2, 0.25) is 0 Å². The number of thiazole rings is 1. The number of rotatable bonds is 4. The third-order valence-electron chi connectivity index (χ3n) is 2.02. The van der Waals surface area contributed by atoms with Crippen LogP contribution in [0.25, 0.3) is 0 Å². The Labute approximate surface area is 96.7 Å². The number of furan rings is 1. The molecule has 0 aromatic carbocycles. The number of nitrogen functional groups attached to an aromatic ring is 1. The van der Waals surface area contributed by atoms with Gasteiger partial charge in [0.25, 0.3) is 0 Å². The third-order valence-corrected chi connectivity index (χ3v) is 4.01. The second kappa shape index (κ2) is 4.72. The van der Waals surface area contributed by atoms with Crippen molar-refractivity contribution in [2.24, 2.45) is 0 Å². The monoisotopic (exact) mass is 240 g/mol. The second-order valence-electron chi connectivity index (χ2n) is 3.18. The maximum atomic E-state index is 5.55. The van der Waals surface area contributed by atoms with Gasteiger partial charge in [-0.05, 0) is 18.6 Å². The molecule has 0 saturated heterocycles. The number of aromatic nitrogens is 1. The Kier molecular flexibility index (Phi) is 3.33. The van der Waals surface area contributed by atoms with Crippen LogP contribution in [0.1, 0.15) is 16.2 Å². The van der Waals surface area contributed by atoms with Crippen LogP contribution in [0.3, 0.4) is 0 Å². The normalized spacial score (nSPS) is 10.7. The molecule has 2 heterocycles. The molecule has 2 aromatic rings. The lowest BCUT2D eigenvalue weighted by Gasteiger charge is -1.97. The zero-order chi connectivity index (χ0) is 10.7. The first-order chi connectivity index (χ1) is 7.25. The van der Waals surface area contributed by atoms with Crippen LogP contribution in [0.5, 0.6) is 0 Å². The average molecular weight is 240 g/mol. The fourth-order valence-corrected chi connectivity index (χ4v) is 3.01. The highest BCUT2D eigenvalue weighted by atomic mass is 32.2. The standard InChI is InChI=1S/C10H12N2OS2/c1-7-2-3-13-9(7)6-14-5-8-4-12-10(11)15-8/h2-4H,5-6H2,1H3,(H2,11,12). The van der Waals surface area contributed by atoms with Crippen molar-refractivity contribution in [1.82, 2.24) is 4.98 Å². The summed E-state index contributed by atoms with van der Waals surface area (Å²) in [4.78, 5) is 5.22. The first-order valence-electron chi connectivity index (χ1n) is 4.56. The van der Waals surface area contributed by atoms with E-state index in [-0.39, 0.29) is 0 Å². The van der Waals surface area contributed by atoms with Crippen molar-refractivity contribution >= 4 is 28.2 Å². The molecule has 0 spiro atoms. The van der Waals surface area contributed by atoms with Gasteiger partial charge in [0.1, 0.15) is 5.76 Å². The molecule has 0 bridgehead atoms. The summed E-state index contributed by atoms with van der Waals surface area (Å²) in [5.74, 6) is 2.89. The fourth-order valence-electron chi connectivity index (χ4n) is 1.19. The molecule has 0 aliphatic rings. The predicted molar refractivity (Wildman–Crippen MR) is 65.0 cm³/mol. The summed E-state index contributed by atoms with van der Waals surface area (Å²) in [6.45, 7) is 2.06. The van der Waals surface area contributed by atoms with Crippen molar-refractivity contribution in [3.63, 3.8) is 0 Å². The van der Waals surface area contributed by atoms with Gasteiger partial charge < -0.3 is 10.2 Å². The number of hydrogen-bond donors (Lipinski definition) is 1. The molecular formula is C10H12N2OS2. The summed E-state index contributed by atoms with van der Waals surface area (Å²) in [6, 6.07) is 1.99. The van der Waals surface area contributed by atoms with Crippen molar-refractivity contribution in [2.45, 2.75) is 18.4 Å². The molecule has 5 heteroatoms. The predicted octanol–water partition coefficient (Wildman–Crippen LogP) is 3.06. The second-order valence-corrected chi connectivity index (χ2v) is 5.32. The number of aryl methyl sites for hydroxylation is 1. The largest absolute Gasteiger partial charge is 0.468 e. The maximum Gasteiger partial charge on any atom is 0.180 e. The third kappa shape index (κ3) is 2.76. The fraction of sp³-hybridized carbons (Fsp3) is 0.300. The number of thioether (sulfide) groups is 1. The van der Waals surface area contributed by atoms with Gasteiger partial charge in [0, 0.05) is 16.8 Å². The van der Waals surface area contributed by atoms with Crippen LogP contribution in [0.4, 0.5) is 5.13 Å². The summed E-state index contributed by atoms with van der Waals surface area (Å²) >= 11 is 3.36. The van der Waals surface area contributed by atoms with E-state index in [1.54, 1.807) is 17.6 Å². The molecular weight excluding hydrogens is 228 g/mol. The van der Waals surface area contributed by atoms with E-state index in [1.807, 2.05) is 24.0 Å². The molecule has 0 atom stereocenters. The number of anilines is 1. The van der Waals surface area contributed by atoms with E-state index in [9.17, 15) is 0 Å². The van der Waals surface area contributed by atoms with E-state index in [0.717, 1.165) is 17.3 Å². The van der Waals surface area contributed by atoms with E-state index in [2.05, 4.69) is 11.9 Å². The van der Waals surface area contributed by atoms with Crippen molar-refractivity contribution < 1.29 is 4.42 Å². The Balaban J connectivity index is 1.83. The molecule has 0 saturated carbocycles. The molecule has 80 valence electrons. The van der Waals surface area contributed by atoms with Crippen LogP contribution < -0.4 is 5.73 Å². The van der Waals surface area contributed by atoms with Gasteiger partial charge in [-0.2, -0.15) is 0 Å². The van der Waals surface area contributed by atoms with Crippen LogP contribution in [0, 0.1) is 6.92 Å². The van der Waals surface area contributed by atoms with Crippen LogP contribution in [0.15, 0.2) is 22.9 Å². The topological polar surface area (TPSA) is 52.0 Å². The van der Waals surface area contributed by atoms with Gasteiger partial charge in [-0.1, -0.05) is 0 Å². The molecule has 2 aromatic heterocycles. The summed E-state index contributed by atoms with van der Waals surface area (Å²) in [6.07, 6.45) is 3.57. The minimum Gasteiger partial charge on any atom is -0.468 e. The smallest absolute Gasteiger partial charge is 0.180 e. The van der Waals surface area contributed by atoms with Crippen molar-refractivity contribution in [1.29, 1.82) is 0 Å². The molecule has 15 heavy (non-hydrogen) atoms. The van der Waals surface area contributed by atoms with Gasteiger partial charge in [-0.25, -0.2) is 4.98 Å². The van der Waals surface area contributed by atoms with Crippen LogP contribution >= 0.6 is 23.1 Å². The first kappa shape index (κ1) is 10.6. The van der Waals surface area contributed by atoms with E-state index in [1.165, 1.54) is 10.4 Å². The Morgan fingerprint density at radius 3 is 3.00 bits per heavy atom. The summed E-state index contributed by atoms with van der Waals surface area (Å²) in [7, 11) is 0. The minimum absolute atomic E-state index is 0.639. The molecule has 0 unspecified atom stereocenters. The van der Waals surface area contributed by atoms with Crippen LogP contribution in [-0.2, 0) is 11.5 Å². The molecule has 0 aliphatic carbocycles. The lowest BCUT2D eigenvalue weighted by atomic mass is 10.3. The quantitative estimate of drug-likeness (QED) is 0.892. The highest BCUT2D eigenvalue weighted by molar-refractivity contribution is 7.97. The Morgan fingerprint density at radius 1 is 1.53 bits per heavy atom. The van der Waals surface area contributed by atoms with Crippen LogP contribution in [-0.4, -0.2) is 4.98 Å². The van der Waals surface area contributed by atoms with Gasteiger partial charge in [-0.15, -0.1) is 23.1 Å². The molecule has 2 N–H and O–H groups in total. The van der Waals surface area contributed by atoms with Crippen molar-refractivity contribution in [3.8, 4) is 0 Å². The van der Waals surface area contributed by atoms with Gasteiger partial charge in [-0.3, -0.25) is 0 Å². The molecule has 0 aliphatic heterocycles. The van der Waals surface area contributed by atoms with Crippen molar-refractivity contribution in [2.75, 3.05) is 5.73 Å². The molecule has 0 radical (unpaired) electrons. The molecule has 0 amide bonds. The highest BCUT2D eigenvalue weighted by Gasteiger charge is 2.03. The molecule has 2 rings (SSSR count). The SMILES string of the molecule is Cc1ccoc1CSCc1cnc(N)s1. The lowest BCUT2D eigenvalue weighted by Crippen LogP contribution is -1.80. The van der Waals surface area contributed by atoms with E-state index >= 15 is 0 Å². The number of nitrogens with zero attached hydrogens (tertiary/aromatic N) is 1. The number of hydrogen-bond acceptors (Lipinski definition) is 5. The molecule has 0 fully saturated rings. The van der Waals surface area contributed by atoms with E-state index in [4.69, 9.17) is 10.2 Å². The minimum atomic E-state index is 0.639. The Hall–Kier alpha value is -0.940. The summed E-state index contributed by atoms with van der Waals surface area (Å²) < 4.78 is 5.35. The van der Waals surface area contributed by atoms with Gasteiger partial charge in [0.2, 0.25) is 0 Å². The number of nitrogens with two attached hydrogens (primary N) is 1. The molecule has 3 nitrogen and oxygen atoms in total. The average Bonchev–Trinajstić information content (AvgIpc) is 2.77. The van der Waals surface area contributed by atoms with E-state index in [0.29, 0.717) is 5.13 Å². The first-order valence-corrected chi connectivity index (χ1v) is 6.53. The van der Waals surface area contributed by atoms with Gasteiger partial charge in [0.05, 0.1) is 12.0 Å². The summed E-state index contributed by atoms with van der Waals surface area (Å²) in [5.41, 5.74) is 6.76. The van der Waals surface area contributed by atoms with Gasteiger partial charge in [0.15, 0.2) is 5.13 Å². The van der Waals surface area contributed by atoms with Gasteiger partial charge >= 0.3 is 0 Å². The lowest BCUT2D eigenvalue weighted by molar-refractivity contribution is 0.528. The van der Waals surface area contributed by atoms with E-state index < -0.39 is 0 Å².